The Balaban J connectivity index is 2.48. The van der Waals surface area contributed by atoms with Gasteiger partial charge in [0.15, 0.2) is 0 Å². The first kappa shape index (κ1) is 8.11. The van der Waals surface area contributed by atoms with Crippen molar-refractivity contribution < 1.29 is 14.3 Å². The third-order valence-electron chi connectivity index (χ3n) is 1.63. The molecule has 0 aliphatic carbocycles. The zero-order valence-corrected chi connectivity index (χ0v) is 6.79. The number of rotatable bonds is 1. The summed E-state index contributed by atoms with van der Waals surface area (Å²) in [5.74, 6) is 0.401. The van der Waals surface area contributed by atoms with Crippen LogP contribution in [0.15, 0.2) is 11.8 Å². The summed E-state index contributed by atoms with van der Waals surface area (Å²) in [6, 6.07) is 0. The van der Waals surface area contributed by atoms with Crippen LogP contribution in [-0.2, 0) is 14.3 Å². The van der Waals surface area contributed by atoms with E-state index in [2.05, 4.69) is 4.74 Å². The van der Waals surface area contributed by atoms with Gasteiger partial charge in [0.2, 0.25) is 0 Å². The van der Waals surface area contributed by atoms with Gasteiger partial charge in [-0.2, -0.15) is 0 Å². The Kier molecular flexibility index (Phi) is 2.52. The quantitative estimate of drug-likeness (QED) is 0.423. The van der Waals surface area contributed by atoms with Crippen LogP contribution in [-0.4, -0.2) is 19.2 Å². The van der Waals surface area contributed by atoms with Gasteiger partial charge < -0.3 is 9.47 Å². The van der Waals surface area contributed by atoms with E-state index in [9.17, 15) is 4.79 Å². The topological polar surface area (TPSA) is 35.5 Å². The minimum atomic E-state index is -0.339. The molecule has 1 aliphatic heterocycles. The second kappa shape index (κ2) is 3.42. The molecule has 0 spiro atoms. The van der Waals surface area contributed by atoms with E-state index in [1.165, 1.54) is 13.2 Å². The third kappa shape index (κ3) is 2.26. The highest BCUT2D eigenvalue weighted by Gasteiger charge is 2.16. The number of hydrogen-bond donors (Lipinski definition) is 0. The number of hydrogen-bond acceptors (Lipinski definition) is 3. The first-order chi connectivity index (χ1) is 5.22. The molecule has 0 aromatic rings. The van der Waals surface area contributed by atoms with Crippen LogP contribution in [0.25, 0.3) is 0 Å². The molecule has 1 heterocycles. The number of ether oxygens (including phenoxy) is 2. The van der Waals surface area contributed by atoms with Gasteiger partial charge in [-0.15, -0.1) is 0 Å². The highest BCUT2D eigenvalue weighted by Crippen LogP contribution is 2.21. The lowest BCUT2D eigenvalue weighted by Crippen LogP contribution is -1.98. The number of esters is 1. The van der Waals surface area contributed by atoms with Crippen LogP contribution >= 0.6 is 0 Å². The van der Waals surface area contributed by atoms with Crippen LogP contribution in [0.1, 0.15) is 19.8 Å². The summed E-state index contributed by atoms with van der Waals surface area (Å²) in [5, 5.41) is 0. The van der Waals surface area contributed by atoms with Gasteiger partial charge in [-0.05, 0) is 13.3 Å². The van der Waals surface area contributed by atoms with E-state index in [0.717, 1.165) is 18.6 Å². The molecule has 1 saturated heterocycles. The van der Waals surface area contributed by atoms with Gasteiger partial charge in [0, 0.05) is 6.42 Å². The Hall–Kier alpha value is -0.990. The minimum absolute atomic E-state index is 0.242. The summed E-state index contributed by atoms with van der Waals surface area (Å²) in [6.07, 6.45) is 3.48. The lowest BCUT2D eigenvalue weighted by molar-refractivity contribution is -0.135. The fraction of sp³-hybridized carbons (Fsp3) is 0.625. The molecule has 1 fully saturated rings. The van der Waals surface area contributed by atoms with Gasteiger partial charge in [-0.25, -0.2) is 4.79 Å². The standard InChI is InChI=1S/C8H12O3/c1-6-3-4-7(11-6)5-8(9)10-2/h5-6H,3-4H2,1-2H3/b7-5-/t6-/m1/s1. The van der Waals surface area contributed by atoms with Crippen molar-refractivity contribution in [3.8, 4) is 0 Å². The SMILES string of the molecule is COC(=O)/C=C1/CC[C@@H](C)O1. The highest BCUT2D eigenvalue weighted by atomic mass is 16.5. The Morgan fingerprint density at radius 2 is 2.55 bits per heavy atom. The highest BCUT2D eigenvalue weighted by molar-refractivity contribution is 5.82. The molecule has 0 unspecified atom stereocenters. The summed E-state index contributed by atoms with van der Waals surface area (Å²) in [6.45, 7) is 1.98. The summed E-state index contributed by atoms with van der Waals surface area (Å²) >= 11 is 0. The maximum atomic E-state index is 10.7. The first-order valence-electron chi connectivity index (χ1n) is 3.67. The molecule has 0 aromatic heterocycles. The molecule has 11 heavy (non-hydrogen) atoms. The van der Waals surface area contributed by atoms with Crippen LogP contribution in [0, 0.1) is 0 Å². The fourth-order valence-corrected chi connectivity index (χ4v) is 1.02. The van der Waals surface area contributed by atoms with E-state index in [1.807, 2.05) is 6.92 Å². The Labute approximate surface area is 66.0 Å². The molecule has 3 heteroatoms. The molecule has 1 atom stereocenters. The summed E-state index contributed by atoms with van der Waals surface area (Å²) in [7, 11) is 1.36. The van der Waals surface area contributed by atoms with E-state index in [1.54, 1.807) is 0 Å². The van der Waals surface area contributed by atoms with Gasteiger partial charge in [0.25, 0.3) is 0 Å². The second-order valence-electron chi connectivity index (χ2n) is 2.60. The number of allylic oxidation sites excluding steroid dienone is 1. The maximum absolute atomic E-state index is 10.7. The molecule has 0 aromatic carbocycles. The summed E-state index contributed by atoms with van der Waals surface area (Å²) < 4.78 is 9.75. The van der Waals surface area contributed by atoms with E-state index < -0.39 is 0 Å². The average molecular weight is 156 g/mol. The van der Waals surface area contributed by atoms with Crippen molar-refractivity contribution in [1.29, 1.82) is 0 Å². The Bertz CT molecular complexity index is 184. The fourth-order valence-electron chi connectivity index (χ4n) is 1.02. The molecule has 3 nitrogen and oxygen atoms in total. The number of methoxy groups -OCH3 is 1. The zero-order valence-electron chi connectivity index (χ0n) is 6.79. The normalized spacial score (nSPS) is 26.7. The molecule has 62 valence electrons. The number of carbonyl (C=O) groups is 1. The van der Waals surface area contributed by atoms with Crippen molar-refractivity contribution in [2.45, 2.75) is 25.9 Å². The van der Waals surface area contributed by atoms with Gasteiger partial charge in [0.1, 0.15) is 5.76 Å². The second-order valence-corrected chi connectivity index (χ2v) is 2.60. The average Bonchev–Trinajstić information content (AvgIpc) is 2.35. The summed E-state index contributed by atoms with van der Waals surface area (Å²) in [4.78, 5) is 10.7. The number of carbonyl (C=O) groups excluding carboxylic acids is 1. The van der Waals surface area contributed by atoms with Gasteiger partial charge in [-0.3, -0.25) is 0 Å². The van der Waals surface area contributed by atoms with Crippen LogP contribution in [0.2, 0.25) is 0 Å². The van der Waals surface area contributed by atoms with Crippen LogP contribution in [0.3, 0.4) is 0 Å². The molecular formula is C8H12O3. The molecule has 0 N–H and O–H groups in total. The van der Waals surface area contributed by atoms with Gasteiger partial charge >= 0.3 is 5.97 Å². The van der Waals surface area contributed by atoms with E-state index in [-0.39, 0.29) is 12.1 Å². The van der Waals surface area contributed by atoms with Crippen LogP contribution in [0.5, 0.6) is 0 Å². The smallest absolute Gasteiger partial charge is 0.333 e. The molecule has 0 saturated carbocycles. The zero-order chi connectivity index (χ0) is 8.27. The van der Waals surface area contributed by atoms with Crippen LogP contribution in [0.4, 0.5) is 0 Å². The van der Waals surface area contributed by atoms with Crippen molar-refractivity contribution in [3.05, 3.63) is 11.8 Å². The van der Waals surface area contributed by atoms with E-state index in [4.69, 9.17) is 4.74 Å². The minimum Gasteiger partial charge on any atom is -0.495 e. The lowest BCUT2D eigenvalue weighted by Gasteiger charge is -2.01. The van der Waals surface area contributed by atoms with E-state index >= 15 is 0 Å². The van der Waals surface area contributed by atoms with E-state index in [0.29, 0.717) is 0 Å². The van der Waals surface area contributed by atoms with Crippen molar-refractivity contribution in [3.63, 3.8) is 0 Å². The Morgan fingerprint density at radius 3 is 3.00 bits per heavy atom. The predicted octanol–water partition coefficient (Wildman–Crippen LogP) is 1.24. The molecule has 0 radical (unpaired) electrons. The van der Waals surface area contributed by atoms with Gasteiger partial charge in [-0.1, -0.05) is 0 Å². The predicted molar refractivity (Wildman–Crippen MR) is 39.9 cm³/mol. The largest absolute Gasteiger partial charge is 0.495 e. The van der Waals surface area contributed by atoms with Crippen molar-refractivity contribution in [1.82, 2.24) is 0 Å². The Morgan fingerprint density at radius 1 is 1.82 bits per heavy atom. The molecule has 0 amide bonds. The van der Waals surface area contributed by atoms with Gasteiger partial charge in [0.05, 0.1) is 19.3 Å². The van der Waals surface area contributed by atoms with Crippen molar-refractivity contribution in [2.75, 3.05) is 7.11 Å². The molecule has 1 rings (SSSR count). The molecule has 0 bridgehead atoms. The summed E-state index contributed by atoms with van der Waals surface area (Å²) in [5.41, 5.74) is 0. The first-order valence-corrected chi connectivity index (χ1v) is 3.67. The van der Waals surface area contributed by atoms with Crippen molar-refractivity contribution >= 4 is 5.97 Å². The van der Waals surface area contributed by atoms with Crippen molar-refractivity contribution in [2.24, 2.45) is 0 Å². The maximum Gasteiger partial charge on any atom is 0.333 e. The molecular weight excluding hydrogens is 144 g/mol. The third-order valence-corrected chi connectivity index (χ3v) is 1.63. The monoisotopic (exact) mass is 156 g/mol. The molecule has 1 aliphatic rings. The van der Waals surface area contributed by atoms with Crippen LogP contribution < -0.4 is 0 Å². The lowest BCUT2D eigenvalue weighted by atomic mass is 10.2.